The van der Waals surface area contributed by atoms with Crippen LogP contribution in [0.15, 0.2) is 84.0 Å². The third-order valence-electron chi connectivity index (χ3n) is 5.15. The molecular formula is C25H23FN2O3. The quantitative estimate of drug-likeness (QED) is 0.560. The first-order valence-electron chi connectivity index (χ1n) is 10.1. The number of rotatable bonds is 7. The molecule has 0 N–H and O–H groups in total. The van der Waals surface area contributed by atoms with Crippen LogP contribution in [0.5, 0.6) is 5.75 Å². The van der Waals surface area contributed by atoms with E-state index in [1.807, 2.05) is 54.6 Å². The normalized spacial score (nSPS) is 15.2. The van der Waals surface area contributed by atoms with Crippen molar-refractivity contribution in [2.45, 2.75) is 19.1 Å². The molecule has 0 saturated carbocycles. The topological polar surface area (TPSA) is 51.1 Å². The SMILES string of the molecule is COc1ccccc1C1=NO[C@@H](CN(Cc2ccccc2)C(=O)c2cccc(F)c2)C1. The largest absolute Gasteiger partial charge is 0.496 e. The summed E-state index contributed by atoms with van der Waals surface area (Å²) in [7, 11) is 1.62. The second-order valence-electron chi connectivity index (χ2n) is 7.35. The average Bonchev–Trinajstić information content (AvgIpc) is 3.27. The number of hydrogen-bond acceptors (Lipinski definition) is 4. The van der Waals surface area contributed by atoms with Crippen LogP contribution in [0.3, 0.4) is 0 Å². The molecule has 0 fully saturated rings. The van der Waals surface area contributed by atoms with Crippen molar-refractivity contribution in [2.24, 2.45) is 5.16 Å². The van der Waals surface area contributed by atoms with Gasteiger partial charge < -0.3 is 14.5 Å². The number of para-hydroxylation sites is 1. The van der Waals surface area contributed by atoms with Gasteiger partial charge in [-0.2, -0.15) is 0 Å². The van der Waals surface area contributed by atoms with Gasteiger partial charge >= 0.3 is 0 Å². The van der Waals surface area contributed by atoms with E-state index in [0.717, 1.165) is 22.6 Å². The number of oxime groups is 1. The molecule has 1 aliphatic rings. The van der Waals surface area contributed by atoms with Gasteiger partial charge in [-0.3, -0.25) is 4.79 Å². The van der Waals surface area contributed by atoms with Crippen LogP contribution >= 0.6 is 0 Å². The molecule has 5 nitrogen and oxygen atoms in total. The average molecular weight is 418 g/mol. The summed E-state index contributed by atoms with van der Waals surface area (Å²) in [5, 5.41) is 4.24. The predicted octanol–water partition coefficient (Wildman–Crippen LogP) is 4.67. The second kappa shape index (κ2) is 9.43. The highest BCUT2D eigenvalue weighted by atomic mass is 19.1. The standard InChI is InChI=1S/C25H23FN2O3/c1-30-24-13-6-5-12-22(24)23-15-21(31-27-23)17-28(16-18-8-3-2-4-9-18)25(29)19-10-7-11-20(26)14-19/h2-14,21H,15-17H2,1H3/t21-/m1/s1. The van der Waals surface area contributed by atoms with Crippen LogP contribution in [0.4, 0.5) is 4.39 Å². The summed E-state index contributed by atoms with van der Waals surface area (Å²) in [5.41, 5.74) is 2.94. The highest BCUT2D eigenvalue weighted by molar-refractivity contribution is 6.03. The Kier molecular flexibility index (Phi) is 6.26. The van der Waals surface area contributed by atoms with E-state index < -0.39 is 5.82 Å². The van der Waals surface area contributed by atoms with E-state index in [4.69, 9.17) is 9.57 Å². The molecular weight excluding hydrogens is 395 g/mol. The molecule has 4 rings (SSSR count). The Morgan fingerprint density at radius 3 is 2.65 bits per heavy atom. The summed E-state index contributed by atoms with van der Waals surface area (Å²) < 4.78 is 19.1. The molecule has 158 valence electrons. The summed E-state index contributed by atoms with van der Waals surface area (Å²) in [5.74, 6) is 0.0320. The van der Waals surface area contributed by atoms with E-state index >= 15 is 0 Å². The van der Waals surface area contributed by atoms with E-state index in [0.29, 0.717) is 25.1 Å². The van der Waals surface area contributed by atoms with Crippen LogP contribution in [-0.4, -0.2) is 36.3 Å². The lowest BCUT2D eigenvalue weighted by molar-refractivity contribution is 0.0405. The van der Waals surface area contributed by atoms with Gasteiger partial charge in [0.2, 0.25) is 0 Å². The molecule has 0 spiro atoms. The molecule has 1 aliphatic heterocycles. The molecule has 0 aliphatic carbocycles. The van der Waals surface area contributed by atoms with Crippen LogP contribution in [-0.2, 0) is 11.4 Å². The molecule has 1 heterocycles. The zero-order valence-corrected chi connectivity index (χ0v) is 17.2. The number of halogens is 1. The summed E-state index contributed by atoms with van der Waals surface area (Å²) in [4.78, 5) is 20.5. The Bertz CT molecular complexity index is 1080. The fourth-order valence-electron chi connectivity index (χ4n) is 3.64. The smallest absolute Gasteiger partial charge is 0.254 e. The number of hydrogen-bond donors (Lipinski definition) is 0. The van der Waals surface area contributed by atoms with Crippen LogP contribution < -0.4 is 4.74 Å². The molecule has 0 aromatic heterocycles. The van der Waals surface area contributed by atoms with Gasteiger partial charge in [0.1, 0.15) is 11.6 Å². The van der Waals surface area contributed by atoms with Crippen molar-refractivity contribution in [3.63, 3.8) is 0 Å². The Hall–Kier alpha value is -3.67. The Balaban J connectivity index is 1.52. The van der Waals surface area contributed by atoms with Crippen LogP contribution in [0.2, 0.25) is 0 Å². The lowest BCUT2D eigenvalue weighted by atomic mass is 10.0. The molecule has 6 heteroatoms. The van der Waals surface area contributed by atoms with Gasteiger partial charge in [0.25, 0.3) is 5.91 Å². The molecule has 1 amide bonds. The molecule has 3 aromatic rings. The van der Waals surface area contributed by atoms with Gasteiger partial charge in [-0.1, -0.05) is 53.7 Å². The van der Waals surface area contributed by atoms with Crippen molar-refractivity contribution in [2.75, 3.05) is 13.7 Å². The van der Waals surface area contributed by atoms with E-state index in [1.165, 1.54) is 18.2 Å². The molecule has 0 unspecified atom stereocenters. The molecule has 0 saturated heterocycles. The summed E-state index contributed by atoms with van der Waals surface area (Å²) in [6.07, 6.45) is 0.239. The number of methoxy groups -OCH3 is 1. The third kappa shape index (κ3) is 4.91. The zero-order chi connectivity index (χ0) is 21.6. The number of carbonyl (C=O) groups is 1. The summed E-state index contributed by atoms with van der Waals surface area (Å²) in [6.45, 7) is 0.715. The molecule has 0 bridgehead atoms. The van der Waals surface area contributed by atoms with Gasteiger partial charge in [-0.15, -0.1) is 0 Å². The Morgan fingerprint density at radius 1 is 1.10 bits per heavy atom. The van der Waals surface area contributed by atoms with Crippen LogP contribution in [0, 0.1) is 5.82 Å². The highest BCUT2D eigenvalue weighted by Gasteiger charge is 2.28. The number of ether oxygens (including phenoxy) is 1. The van der Waals surface area contributed by atoms with E-state index in [1.54, 1.807) is 18.1 Å². The van der Waals surface area contributed by atoms with Gasteiger partial charge in [-0.25, -0.2) is 4.39 Å². The number of amides is 1. The van der Waals surface area contributed by atoms with Crippen LogP contribution in [0.25, 0.3) is 0 Å². The highest BCUT2D eigenvalue weighted by Crippen LogP contribution is 2.25. The van der Waals surface area contributed by atoms with E-state index in [2.05, 4.69) is 5.16 Å². The summed E-state index contributed by atoms with van der Waals surface area (Å²) >= 11 is 0. The fourth-order valence-corrected chi connectivity index (χ4v) is 3.64. The lowest BCUT2D eigenvalue weighted by Crippen LogP contribution is -2.37. The van der Waals surface area contributed by atoms with Crippen molar-refractivity contribution in [1.82, 2.24) is 4.90 Å². The number of nitrogens with zero attached hydrogens (tertiary/aromatic N) is 2. The first kappa shape index (κ1) is 20.6. The molecule has 31 heavy (non-hydrogen) atoms. The van der Waals surface area contributed by atoms with Gasteiger partial charge in [-0.05, 0) is 35.9 Å². The van der Waals surface area contributed by atoms with E-state index in [-0.39, 0.29) is 12.0 Å². The lowest BCUT2D eigenvalue weighted by Gasteiger charge is -2.25. The maximum Gasteiger partial charge on any atom is 0.254 e. The van der Waals surface area contributed by atoms with Crippen molar-refractivity contribution in [1.29, 1.82) is 0 Å². The van der Waals surface area contributed by atoms with Gasteiger partial charge in [0.15, 0.2) is 6.10 Å². The van der Waals surface area contributed by atoms with Crippen molar-refractivity contribution in [3.8, 4) is 5.75 Å². The molecule has 3 aromatic carbocycles. The number of benzene rings is 3. The summed E-state index contributed by atoms with van der Waals surface area (Å²) in [6, 6.07) is 23.1. The monoisotopic (exact) mass is 418 g/mol. The predicted molar refractivity (Wildman–Crippen MR) is 117 cm³/mol. The second-order valence-corrected chi connectivity index (χ2v) is 7.35. The maximum atomic E-state index is 13.7. The fraction of sp³-hybridized carbons (Fsp3) is 0.200. The van der Waals surface area contributed by atoms with Crippen LogP contribution in [0.1, 0.15) is 27.9 Å². The van der Waals surface area contributed by atoms with Crippen molar-refractivity contribution in [3.05, 3.63) is 101 Å². The maximum absolute atomic E-state index is 13.7. The van der Waals surface area contributed by atoms with Crippen molar-refractivity contribution < 1.29 is 18.8 Å². The van der Waals surface area contributed by atoms with Gasteiger partial charge in [0, 0.05) is 24.1 Å². The Labute approximate surface area is 180 Å². The third-order valence-corrected chi connectivity index (χ3v) is 5.15. The Morgan fingerprint density at radius 2 is 1.87 bits per heavy atom. The zero-order valence-electron chi connectivity index (χ0n) is 17.2. The first-order valence-corrected chi connectivity index (χ1v) is 10.1. The molecule has 0 radical (unpaired) electrons. The number of carbonyl (C=O) groups excluding carboxylic acids is 1. The van der Waals surface area contributed by atoms with E-state index in [9.17, 15) is 9.18 Å². The minimum absolute atomic E-state index is 0.252. The first-order chi connectivity index (χ1) is 15.1. The minimum atomic E-state index is -0.440. The minimum Gasteiger partial charge on any atom is -0.496 e. The van der Waals surface area contributed by atoms with Gasteiger partial charge in [0.05, 0.1) is 19.4 Å². The molecule has 1 atom stereocenters. The van der Waals surface area contributed by atoms with Crippen molar-refractivity contribution >= 4 is 11.6 Å².